The minimum atomic E-state index is -0.280. The average molecular weight is 392 g/mol. The van der Waals surface area contributed by atoms with Gasteiger partial charge in [0.2, 0.25) is 11.8 Å². The van der Waals surface area contributed by atoms with Gasteiger partial charge in [-0.3, -0.25) is 14.5 Å². The van der Waals surface area contributed by atoms with Gasteiger partial charge in [0.25, 0.3) is 0 Å². The van der Waals surface area contributed by atoms with Crippen molar-refractivity contribution >= 4 is 17.5 Å². The maximum absolute atomic E-state index is 12.7. The summed E-state index contributed by atoms with van der Waals surface area (Å²) in [6.07, 6.45) is 1.34. The predicted molar refractivity (Wildman–Crippen MR) is 115 cm³/mol. The molecule has 152 valence electrons. The van der Waals surface area contributed by atoms with Crippen molar-refractivity contribution in [2.75, 3.05) is 24.5 Å². The number of nitrogens with zero attached hydrogens (tertiary/aromatic N) is 2. The molecule has 5 heteroatoms. The number of nitrogens with one attached hydrogen (secondary N) is 1. The van der Waals surface area contributed by atoms with Crippen LogP contribution in [0, 0.1) is 12.8 Å². The third-order valence-electron chi connectivity index (χ3n) is 6.20. The Morgan fingerprint density at radius 2 is 1.86 bits per heavy atom. The normalized spacial score (nSPS) is 20.4. The van der Waals surface area contributed by atoms with Crippen molar-refractivity contribution in [2.45, 2.75) is 39.3 Å². The molecule has 0 saturated carbocycles. The van der Waals surface area contributed by atoms with Crippen LogP contribution < -0.4 is 10.2 Å². The monoisotopic (exact) mass is 391 g/mol. The van der Waals surface area contributed by atoms with Gasteiger partial charge in [0.15, 0.2) is 0 Å². The summed E-state index contributed by atoms with van der Waals surface area (Å²) in [7, 11) is 0. The second kappa shape index (κ2) is 8.37. The number of carbonyl (C=O) groups excluding carboxylic acids is 2. The van der Waals surface area contributed by atoms with Crippen LogP contribution in [0.2, 0.25) is 0 Å². The Morgan fingerprint density at radius 1 is 1.14 bits per heavy atom. The summed E-state index contributed by atoms with van der Waals surface area (Å²) in [5.41, 5.74) is 4.84. The van der Waals surface area contributed by atoms with E-state index in [1.165, 1.54) is 11.1 Å². The van der Waals surface area contributed by atoms with Crippen molar-refractivity contribution in [3.05, 3.63) is 65.2 Å². The van der Waals surface area contributed by atoms with E-state index < -0.39 is 0 Å². The molecule has 0 spiro atoms. The van der Waals surface area contributed by atoms with Gasteiger partial charge in [0.05, 0.1) is 5.92 Å². The lowest BCUT2D eigenvalue weighted by Gasteiger charge is -2.34. The Kier molecular flexibility index (Phi) is 5.67. The van der Waals surface area contributed by atoms with E-state index >= 15 is 0 Å². The van der Waals surface area contributed by atoms with Gasteiger partial charge < -0.3 is 10.2 Å². The molecule has 0 radical (unpaired) electrons. The van der Waals surface area contributed by atoms with E-state index in [-0.39, 0.29) is 30.2 Å². The van der Waals surface area contributed by atoms with Crippen molar-refractivity contribution < 1.29 is 9.59 Å². The number of hydrogen-bond donors (Lipinski definition) is 1. The first-order chi connectivity index (χ1) is 14.0. The Hall–Kier alpha value is -2.66. The number of anilines is 1. The van der Waals surface area contributed by atoms with E-state index in [4.69, 9.17) is 0 Å². The van der Waals surface area contributed by atoms with Crippen LogP contribution >= 0.6 is 0 Å². The Balaban J connectivity index is 1.30. The molecule has 1 N–H and O–H groups in total. The lowest BCUT2D eigenvalue weighted by molar-refractivity contribution is -0.126. The zero-order valence-electron chi connectivity index (χ0n) is 17.2. The highest BCUT2D eigenvalue weighted by Crippen LogP contribution is 2.25. The maximum Gasteiger partial charge on any atom is 0.227 e. The molecule has 5 nitrogen and oxygen atoms in total. The van der Waals surface area contributed by atoms with E-state index in [2.05, 4.69) is 41.4 Å². The van der Waals surface area contributed by atoms with E-state index in [1.54, 1.807) is 4.90 Å². The highest BCUT2D eigenvalue weighted by Gasteiger charge is 2.35. The summed E-state index contributed by atoms with van der Waals surface area (Å²) in [6.45, 7) is 7.18. The van der Waals surface area contributed by atoms with Gasteiger partial charge in [-0.2, -0.15) is 0 Å². The standard InChI is InChI=1S/C24H29N3O2/c1-17-7-9-22(10-8-17)27-16-21(13-23(27)28)24(29)25-14-18(2)26-12-11-19-5-3-4-6-20(19)15-26/h3-10,18,21H,11-16H2,1-2H3,(H,25,29). The molecule has 2 aliphatic rings. The second-order valence-electron chi connectivity index (χ2n) is 8.32. The smallest absolute Gasteiger partial charge is 0.227 e. The topological polar surface area (TPSA) is 52.7 Å². The first-order valence-electron chi connectivity index (χ1n) is 10.5. The van der Waals surface area contributed by atoms with E-state index in [0.717, 1.165) is 30.8 Å². The fraction of sp³-hybridized carbons (Fsp3) is 0.417. The van der Waals surface area contributed by atoms with Gasteiger partial charge >= 0.3 is 0 Å². The van der Waals surface area contributed by atoms with Crippen molar-refractivity contribution in [1.29, 1.82) is 0 Å². The second-order valence-corrected chi connectivity index (χ2v) is 8.32. The summed E-state index contributed by atoms with van der Waals surface area (Å²) in [4.78, 5) is 29.3. The molecule has 4 rings (SSSR count). The van der Waals surface area contributed by atoms with Crippen LogP contribution in [0.15, 0.2) is 48.5 Å². The Bertz CT molecular complexity index is 893. The summed E-state index contributed by atoms with van der Waals surface area (Å²) in [6, 6.07) is 16.7. The molecule has 2 aromatic carbocycles. The van der Waals surface area contributed by atoms with E-state index in [9.17, 15) is 9.59 Å². The molecule has 2 aromatic rings. The number of benzene rings is 2. The maximum atomic E-state index is 12.7. The predicted octanol–water partition coefficient (Wildman–Crippen LogP) is 2.91. The van der Waals surface area contributed by atoms with Gasteiger partial charge in [0.1, 0.15) is 0 Å². The number of carbonyl (C=O) groups is 2. The Morgan fingerprint density at radius 3 is 2.62 bits per heavy atom. The zero-order valence-corrected chi connectivity index (χ0v) is 17.2. The lowest BCUT2D eigenvalue weighted by Crippen LogP contribution is -2.45. The van der Waals surface area contributed by atoms with Gasteiger partial charge in [0, 0.05) is 44.3 Å². The molecule has 2 atom stereocenters. The minimum absolute atomic E-state index is 0.0165. The Labute approximate surface area is 172 Å². The third kappa shape index (κ3) is 4.35. The summed E-state index contributed by atoms with van der Waals surface area (Å²) >= 11 is 0. The summed E-state index contributed by atoms with van der Waals surface area (Å²) in [5, 5.41) is 3.09. The molecule has 0 aromatic heterocycles. The van der Waals surface area contributed by atoms with Crippen molar-refractivity contribution in [3.8, 4) is 0 Å². The molecule has 0 bridgehead atoms. The summed E-state index contributed by atoms with van der Waals surface area (Å²) in [5.74, 6) is -0.273. The van der Waals surface area contributed by atoms with E-state index in [0.29, 0.717) is 13.1 Å². The third-order valence-corrected chi connectivity index (χ3v) is 6.20. The molecule has 0 aliphatic carbocycles. The van der Waals surface area contributed by atoms with Crippen LogP contribution in [0.4, 0.5) is 5.69 Å². The first kappa shape index (κ1) is 19.6. The zero-order chi connectivity index (χ0) is 20.4. The SMILES string of the molecule is Cc1ccc(N2CC(C(=O)NCC(C)N3CCc4ccccc4C3)CC2=O)cc1. The number of aryl methyl sites for hydroxylation is 1. The molecule has 1 saturated heterocycles. The first-order valence-corrected chi connectivity index (χ1v) is 10.5. The number of amides is 2. The van der Waals surface area contributed by atoms with Crippen molar-refractivity contribution in [3.63, 3.8) is 0 Å². The van der Waals surface area contributed by atoms with Crippen LogP contribution in [-0.2, 0) is 22.6 Å². The quantitative estimate of drug-likeness (QED) is 0.853. The molecule has 2 unspecified atom stereocenters. The van der Waals surface area contributed by atoms with Crippen LogP contribution in [0.25, 0.3) is 0 Å². The fourth-order valence-corrected chi connectivity index (χ4v) is 4.27. The van der Waals surface area contributed by atoms with Crippen LogP contribution in [0.5, 0.6) is 0 Å². The van der Waals surface area contributed by atoms with Gasteiger partial charge in [-0.25, -0.2) is 0 Å². The molecule has 1 fully saturated rings. The van der Waals surface area contributed by atoms with Crippen molar-refractivity contribution in [1.82, 2.24) is 10.2 Å². The molecule has 2 aliphatic heterocycles. The summed E-state index contributed by atoms with van der Waals surface area (Å²) < 4.78 is 0. The minimum Gasteiger partial charge on any atom is -0.354 e. The number of fused-ring (bicyclic) bond motifs is 1. The van der Waals surface area contributed by atoms with Gasteiger partial charge in [-0.05, 0) is 43.5 Å². The highest BCUT2D eigenvalue weighted by molar-refractivity contribution is 6.00. The van der Waals surface area contributed by atoms with Crippen LogP contribution in [0.1, 0.15) is 30.0 Å². The van der Waals surface area contributed by atoms with Crippen molar-refractivity contribution in [2.24, 2.45) is 5.92 Å². The average Bonchev–Trinajstić information content (AvgIpc) is 3.13. The number of rotatable bonds is 5. The van der Waals surface area contributed by atoms with Crippen LogP contribution in [-0.4, -0.2) is 42.4 Å². The van der Waals surface area contributed by atoms with Gasteiger partial charge in [-0.1, -0.05) is 42.0 Å². The highest BCUT2D eigenvalue weighted by atomic mass is 16.2. The molecule has 2 heterocycles. The fourth-order valence-electron chi connectivity index (χ4n) is 4.27. The number of hydrogen-bond acceptors (Lipinski definition) is 3. The molecule has 29 heavy (non-hydrogen) atoms. The largest absolute Gasteiger partial charge is 0.354 e. The molecular formula is C24H29N3O2. The van der Waals surface area contributed by atoms with Crippen LogP contribution in [0.3, 0.4) is 0 Å². The van der Waals surface area contributed by atoms with E-state index in [1.807, 2.05) is 31.2 Å². The van der Waals surface area contributed by atoms with Gasteiger partial charge in [-0.15, -0.1) is 0 Å². The lowest BCUT2D eigenvalue weighted by atomic mass is 9.99. The molecule has 2 amide bonds. The molecular weight excluding hydrogens is 362 g/mol.